The lowest BCUT2D eigenvalue weighted by atomic mass is 9.98. The van der Waals surface area contributed by atoms with E-state index in [1.807, 2.05) is 32.0 Å². The zero-order valence-electron chi connectivity index (χ0n) is 21.2. The molecule has 186 valence electrons. The van der Waals surface area contributed by atoms with Crippen LogP contribution in [0.4, 0.5) is 0 Å². The van der Waals surface area contributed by atoms with Gasteiger partial charge in [0.2, 0.25) is 5.82 Å². The molecule has 2 aromatic carbocycles. The first-order valence-corrected chi connectivity index (χ1v) is 12.3. The Morgan fingerprint density at radius 2 is 1.77 bits per heavy atom. The molecule has 0 aliphatic carbocycles. The molecule has 1 fully saturated rings. The lowest BCUT2D eigenvalue weighted by Gasteiger charge is -2.17. The van der Waals surface area contributed by atoms with E-state index in [9.17, 15) is 9.90 Å². The van der Waals surface area contributed by atoms with Crippen molar-refractivity contribution in [1.29, 1.82) is 0 Å². The SMILES string of the molecule is COc1cc(O)c(-c2nnc(C(=O)NC(C)C)n2-c2ccc(CN3CCCC3)cc2)cc1C(C)C. The van der Waals surface area contributed by atoms with Crippen molar-refractivity contribution in [3.8, 4) is 28.6 Å². The lowest BCUT2D eigenvalue weighted by molar-refractivity contribution is 0.0930. The summed E-state index contributed by atoms with van der Waals surface area (Å²) in [6, 6.07) is 11.5. The van der Waals surface area contributed by atoms with E-state index >= 15 is 0 Å². The van der Waals surface area contributed by atoms with Gasteiger partial charge in [0.25, 0.3) is 5.91 Å². The number of nitrogens with one attached hydrogen (secondary N) is 1. The first-order chi connectivity index (χ1) is 16.8. The number of rotatable bonds is 8. The van der Waals surface area contributed by atoms with Gasteiger partial charge in [-0.2, -0.15) is 0 Å². The summed E-state index contributed by atoms with van der Waals surface area (Å²) in [7, 11) is 1.58. The van der Waals surface area contributed by atoms with Gasteiger partial charge >= 0.3 is 0 Å². The molecule has 0 radical (unpaired) electrons. The number of aromatic hydroxyl groups is 1. The molecule has 4 rings (SSSR count). The van der Waals surface area contributed by atoms with Crippen LogP contribution in [0.2, 0.25) is 0 Å². The van der Waals surface area contributed by atoms with E-state index in [2.05, 4.69) is 46.4 Å². The molecule has 0 spiro atoms. The highest BCUT2D eigenvalue weighted by Crippen LogP contribution is 2.38. The van der Waals surface area contributed by atoms with Crippen molar-refractivity contribution in [2.24, 2.45) is 0 Å². The van der Waals surface area contributed by atoms with Gasteiger partial charge in [0.05, 0.1) is 12.7 Å². The van der Waals surface area contributed by atoms with E-state index in [0.717, 1.165) is 30.9 Å². The van der Waals surface area contributed by atoms with Gasteiger partial charge in [-0.25, -0.2) is 0 Å². The number of benzene rings is 2. The molecule has 8 nitrogen and oxygen atoms in total. The summed E-state index contributed by atoms with van der Waals surface area (Å²) >= 11 is 0. The first kappa shape index (κ1) is 24.7. The van der Waals surface area contributed by atoms with Crippen molar-refractivity contribution in [2.45, 2.75) is 59.0 Å². The van der Waals surface area contributed by atoms with Gasteiger partial charge in [-0.1, -0.05) is 26.0 Å². The molecule has 0 atom stereocenters. The minimum atomic E-state index is -0.322. The average Bonchev–Trinajstić information content (AvgIpc) is 3.49. The Balaban J connectivity index is 1.80. The topological polar surface area (TPSA) is 92.5 Å². The number of carbonyl (C=O) groups excluding carboxylic acids is 1. The van der Waals surface area contributed by atoms with Crippen molar-refractivity contribution in [3.05, 3.63) is 53.3 Å². The number of phenolic OH excluding ortho intramolecular Hbond substituents is 1. The third-order valence-electron chi connectivity index (χ3n) is 6.30. The second-order valence-corrected chi connectivity index (χ2v) is 9.73. The van der Waals surface area contributed by atoms with Crippen LogP contribution in [0.3, 0.4) is 0 Å². The summed E-state index contributed by atoms with van der Waals surface area (Å²) in [5, 5.41) is 22.4. The van der Waals surface area contributed by atoms with Gasteiger partial charge in [0, 0.05) is 24.3 Å². The van der Waals surface area contributed by atoms with Gasteiger partial charge < -0.3 is 15.2 Å². The molecule has 0 saturated carbocycles. The molecule has 1 amide bonds. The van der Waals surface area contributed by atoms with E-state index in [1.54, 1.807) is 17.7 Å². The summed E-state index contributed by atoms with van der Waals surface area (Å²) in [5.74, 6) is 1.03. The molecule has 1 saturated heterocycles. The van der Waals surface area contributed by atoms with Gasteiger partial charge in [-0.15, -0.1) is 10.2 Å². The number of methoxy groups -OCH3 is 1. The lowest BCUT2D eigenvalue weighted by Crippen LogP contribution is -2.32. The van der Waals surface area contributed by atoms with Gasteiger partial charge in [-0.3, -0.25) is 14.3 Å². The van der Waals surface area contributed by atoms with E-state index in [-0.39, 0.29) is 29.4 Å². The van der Waals surface area contributed by atoms with Gasteiger partial charge in [0.1, 0.15) is 11.5 Å². The third kappa shape index (κ3) is 5.32. The number of amides is 1. The maximum atomic E-state index is 13.0. The molecular weight excluding hydrogens is 442 g/mol. The Morgan fingerprint density at radius 1 is 1.09 bits per heavy atom. The third-order valence-corrected chi connectivity index (χ3v) is 6.30. The van der Waals surface area contributed by atoms with Crippen LogP contribution >= 0.6 is 0 Å². The summed E-state index contributed by atoms with van der Waals surface area (Å²) in [6.07, 6.45) is 2.50. The molecule has 1 aliphatic rings. The zero-order chi connectivity index (χ0) is 25.1. The number of aromatic nitrogens is 3. The number of ether oxygens (including phenoxy) is 1. The normalized spacial score (nSPS) is 14.1. The largest absolute Gasteiger partial charge is 0.507 e. The summed E-state index contributed by atoms with van der Waals surface area (Å²) < 4.78 is 7.19. The predicted molar refractivity (Wildman–Crippen MR) is 136 cm³/mol. The summed E-state index contributed by atoms with van der Waals surface area (Å²) in [4.78, 5) is 15.5. The Kier molecular flexibility index (Phi) is 7.40. The van der Waals surface area contributed by atoms with Crippen LogP contribution < -0.4 is 10.1 Å². The highest BCUT2D eigenvalue weighted by atomic mass is 16.5. The molecule has 1 aromatic heterocycles. The molecule has 3 aromatic rings. The Hall–Kier alpha value is -3.39. The quantitative estimate of drug-likeness (QED) is 0.496. The van der Waals surface area contributed by atoms with E-state index in [0.29, 0.717) is 17.1 Å². The number of phenols is 1. The number of hydrogen-bond acceptors (Lipinski definition) is 6. The van der Waals surface area contributed by atoms with Crippen LogP contribution in [0.5, 0.6) is 11.5 Å². The average molecular weight is 478 g/mol. The fourth-order valence-corrected chi connectivity index (χ4v) is 4.52. The molecule has 35 heavy (non-hydrogen) atoms. The van der Waals surface area contributed by atoms with Gasteiger partial charge in [-0.05, 0) is 75.0 Å². The zero-order valence-corrected chi connectivity index (χ0v) is 21.2. The molecule has 0 bridgehead atoms. The molecular formula is C27H35N5O3. The van der Waals surface area contributed by atoms with Crippen LogP contribution in [0.1, 0.15) is 68.2 Å². The Morgan fingerprint density at radius 3 is 2.37 bits per heavy atom. The van der Waals surface area contributed by atoms with Crippen molar-refractivity contribution in [3.63, 3.8) is 0 Å². The second kappa shape index (κ2) is 10.5. The fraction of sp³-hybridized carbons (Fsp3) is 0.444. The monoisotopic (exact) mass is 477 g/mol. The number of carbonyl (C=O) groups is 1. The minimum Gasteiger partial charge on any atom is -0.507 e. The molecule has 1 aliphatic heterocycles. The second-order valence-electron chi connectivity index (χ2n) is 9.73. The van der Waals surface area contributed by atoms with Crippen LogP contribution in [-0.4, -0.2) is 56.9 Å². The van der Waals surface area contributed by atoms with Crippen LogP contribution in [-0.2, 0) is 6.54 Å². The van der Waals surface area contributed by atoms with Crippen LogP contribution in [0.25, 0.3) is 17.1 Å². The van der Waals surface area contributed by atoms with Crippen molar-refractivity contribution >= 4 is 5.91 Å². The number of hydrogen-bond donors (Lipinski definition) is 2. The Bertz CT molecular complexity index is 1180. The molecule has 8 heteroatoms. The van der Waals surface area contributed by atoms with Crippen molar-refractivity contribution in [1.82, 2.24) is 25.0 Å². The smallest absolute Gasteiger partial charge is 0.289 e. The molecule has 2 heterocycles. The number of likely N-dealkylation sites (tertiary alicyclic amines) is 1. The highest BCUT2D eigenvalue weighted by Gasteiger charge is 2.25. The van der Waals surface area contributed by atoms with Crippen molar-refractivity contribution < 1.29 is 14.6 Å². The van der Waals surface area contributed by atoms with Crippen LogP contribution in [0.15, 0.2) is 36.4 Å². The maximum absolute atomic E-state index is 13.0. The van der Waals surface area contributed by atoms with Crippen molar-refractivity contribution in [2.75, 3.05) is 20.2 Å². The summed E-state index contributed by atoms with van der Waals surface area (Å²) in [6.45, 7) is 11.1. The maximum Gasteiger partial charge on any atom is 0.289 e. The highest BCUT2D eigenvalue weighted by molar-refractivity contribution is 5.92. The predicted octanol–water partition coefficient (Wildman–Crippen LogP) is 4.51. The summed E-state index contributed by atoms with van der Waals surface area (Å²) in [5.41, 5.74) is 3.40. The fourth-order valence-electron chi connectivity index (χ4n) is 4.52. The van der Waals surface area contributed by atoms with E-state index < -0.39 is 0 Å². The van der Waals surface area contributed by atoms with Gasteiger partial charge in [0.15, 0.2) is 5.82 Å². The first-order valence-electron chi connectivity index (χ1n) is 12.3. The van der Waals surface area contributed by atoms with E-state index in [4.69, 9.17) is 4.74 Å². The van der Waals surface area contributed by atoms with Crippen LogP contribution in [0, 0.1) is 0 Å². The Labute approximate surface area is 206 Å². The van der Waals surface area contributed by atoms with E-state index in [1.165, 1.54) is 18.4 Å². The molecule has 0 unspecified atom stereocenters. The standard InChI is InChI=1S/C27H35N5O3/c1-17(2)21-14-22(23(33)15-24(21)35-5)25-29-30-26(27(34)28-18(3)4)32(25)20-10-8-19(9-11-20)16-31-12-6-7-13-31/h8-11,14-15,17-18,33H,6-7,12-13,16H2,1-5H3,(H,28,34). The molecule has 2 N–H and O–H groups in total. The minimum absolute atomic E-state index is 0.0152. The number of nitrogens with zero attached hydrogens (tertiary/aromatic N) is 4.